The van der Waals surface area contributed by atoms with Crippen LogP contribution in [0.5, 0.6) is 0 Å². The van der Waals surface area contributed by atoms with E-state index >= 15 is 0 Å². The van der Waals surface area contributed by atoms with Crippen LogP contribution in [0, 0.1) is 5.82 Å². The van der Waals surface area contributed by atoms with Crippen LogP contribution in [0.25, 0.3) is 0 Å². The lowest BCUT2D eigenvalue weighted by Crippen LogP contribution is -2.62. The zero-order chi connectivity index (χ0) is 15.0. The first kappa shape index (κ1) is 15.5. The molecule has 1 unspecified atom stereocenters. The summed E-state index contributed by atoms with van der Waals surface area (Å²) in [6.45, 7) is 8.47. The molecule has 0 aromatic heterocycles. The van der Waals surface area contributed by atoms with Crippen molar-refractivity contribution in [3.63, 3.8) is 0 Å². The lowest BCUT2D eigenvalue weighted by molar-refractivity contribution is 0.00344. The third-order valence-corrected chi connectivity index (χ3v) is 5.21. The second-order valence-corrected chi connectivity index (χ2v) is 6.67. The van der Waals surface area contributed by atoms with Crippen LogP contribution in [0.1, 0.15) is 18.5 Å². The van der Waals surface area contributed by atoms with E-state index in [0.717, 1.165) is 44.8 Å². The summed E-state index contributed by atoms with van der Waals surface area (Å²) in [5, 5.41) is 3.99. The van der Waals surface area contributed by atoms with Gasteiger partial charge in [-0.3, -0.25) is 9.80 Å². The van der Waals surface area contributed by atoms with Crippen LogP contribution in [0.4, 0.5) is 4.39 Å². The van der Waals surface area contributed by atoms with Gasteiger partial charge in [-0.05, 0) is 24.6 Å². The van der Waals surface area contributed by atoms with E-state index in [1.54, 1.807) is 0 Å². The minimum atomic E-state index is -0.401. The van der Waals surface area contributed by atoms with Gasteiger partial charge >= 0.3 is 0 Å². The largest absolute Gasteiger partial charge is 0.314 e. The maximum atomic E-state index is 13.6. The number of rotatable bonds is 3. The van der Waals surface area contributed by atoms with Gasteiger partial charge in [0.1, 0.15) is 5.82 Å². The average Bonchev–Trinajstić information content (AvgIpc) is 2.42. The Kier molecular flexibility index (Phi) is 4.71. The van der Waals surface area contributed by atoms with E-state index in [4.69, 9.17) is 23.2 Å². The van der Waals surface area contributed by atoms with Gasteiger partial charge in [-0.1, -0.05) is 23.2 Å². The Bertz CT molecular complexity index is 514. The predicted molar refractivity (Wildman–Crippen MR) is 84.6 cm³/mol. The van der Waals surface area contributed by atoms with Crippen LogP contribution >= 0.6 is 23.2 Å². The fraction of sp³-hybridized carbons (Fsp3) is 0.600. The Morgan fingerprint density at radius 3 is 2.52 bits per heavy atom. The van der Waals surface area contributed by atoms with Gasteiger partial charge in [-0.25, -0.2) is 4.39 Å². The number of benzene rings is 1. The second kappa shape index (κ2) is 6.39. The van der Waals surface area contributed by atoms with Crippen molar-refractivity contribution in [2.24, 2.45) is 0 Å². The van der Waals surface area contributed by atoms with Crippen molar-refractivity contribution < 1.29 is 4.39 Å². The molecule has 0 saturated carbocycles. The van der Waals surface area contributed by atoms with Gasteiger partial charge < -0.3 is 5.32 Å². The maximum Gasteiger partial charge on any atom is 0.142 e. The lowest BCUT2D eigenvalue weighted by atomic mass is 9.99. The third-order valence-electron chi connectivity index (χ3n) is 4.60. The highest BCUT2D eigenvalue weighted by molar-refractivity contribution is 6.35. The monoisotopic (exact) mass is 331 g/mol. The molecule has 1 aromatic carbocycles. The molecule has 2 heterocycles. The molecule has 6 heteroatoms. The van der Waals surface area contributed by atoms with Crippen molar-refractivity contribution in [2.75, 3.05) is 39.3 Å². The fourth-order valence-corrected chi connectivity index (χ4v) is 3.68. The highest BCUT2D eigenvalue weighted by Gasteiger charge is 2.35. The van der Waals surface area contributed by atoms with E-state index in [-0.39, 0.29) is 11.1 Å². The zero-order valence-electron chi connectivity index (χ0n) is 12.1. The summed E-state index contributed by atoms with van der Waals surface area (Å²) in [7, 11) is 0. The average molecular weight is 332 g/mol. The number of halogens is 3. The molecular weight excluding hydrogens is 312 g/mol. The van der Waals surface area contributed by atoms with Gasteiger partial charge in [0.05, 0.1) is 5.02 Å². The quantitative estimate of drug-likeness (QED) is 0.859. The van der Waals surface area contributed by atoms with Crippen LogP contribution in [-0.2, 0) is 0 Å². The van der Waals surface area contributed by atoms with Gasteiger partial charge in [0, 0.05) is 56.4 Å². The first-order chi connectivity index (χ1) is 10.1. The van der Waals surface area contributed by atoms with Crippen molar-refractivity contribution in [3.05, 3.63) is 33.6 Å². The second-order valence-electron chi connectivity index (χ2n) is 5.86. The van der Waals surface area contributed by atoms with Crippen molar-refractivity contribution in [2.45, 2.75) is 19.0 Å². The molecule has 3 rings (SSSR count). The number of likely N-dealkylation sites (tertiary alicyclic amines) is 1. The summed E-state index contributed by atoms with van der Waals surface area (Å²) in [4.78, 5) is 4.87. The van der Waals surface area contributed by atoms with E-state index < -0.39 is 5.82 Å². The van der Waals surface area contributed by atoms with Crippen molar-refractivity contribution in [3.8, 4) is 0 Å². The van der Waals surface area contributed by atoms with Crippen molar-refractivity contribution in [1.29, 1.82) is 0 Å². The highest BCUT2D eigenvalue weighted by Crippen LogP contribution is 2.34. The molecule has 1 aromatic rings. The molecule has 0 spiro atoms. The molecule has 0 radical (unpaired) electrons. The molecule has 2 aliphatic rings. The first-order valence-corrected chi connectivity index (χ1v) is 8.15. The Hall–Kier alpha value is -0.390. The molecule has 116 valence electrons. The standard InChI is InChI=1S/C15H20Cl2FN3/c1-10(12-6-15(18)14(17)7-13(12)16)21-8-11(9-21)20-4-2-19-3-5-20/h6-7,10-11,19H,2-5,8-9H2,1H3. The highest BCUT2D eigenvalue weighted by atomic mass is 35.5. The van der Waals surface area contributed by atoms with E-state index in [1.807, 2.05) is 0 Å². The minimum absolute atomic E-state index is 0.0817. The molecule has 1 N–H and O–H groups in total. The molecule has 1 atom stereocenters. The molecule has 0 aliphatic carbocycles. The topological polar surface area (TPSA) is 18.5 Å². The number of hydrogen-bond acceptors (Lipinski definition) is 3. The summed E-state index contributed by atoms with van der Waals surface area (Å²) in [6, 6.07) is 3.69. The van der Waals surface area contributed by atoms with Crippen LogP contribution in [0.2, 0.25) is 10.0 Å². The molecule has 21 heavy (non-hydrogen) atoms. The Balaban J connectivity index is 1.62. The minimum Gasteiger partial charge on any atom is -0.314 e. The number of hydrogen-bond donors (Lipinski definition) is 1. The van der Waals surface area contributed by atoms with E-state index in [9.17, 15) is 4.39 Å². The SMILES string of the molecule is CC(c1cc(F)c(Cl)cc1Cl)N1CC(N2CCNCC2)C1. The van der Waals surface area contributed by atoms with Gasteiger partial charge in [-0.15, -0.1) is 0 Å². The van der Waals surface area contributed by atoms with Crippen LogP contribution in [0.3, 0.4) is 0 Å². The molecule has 3 nitrogen and oxygen atoms in total. The molecule has 2 aliphatic heterocycles. The summed E-state index contributed by atoms with van der Waals surface area (Å²) < 4.78 is 13.6. The number of nitrogens with one attached hydrogen (secondary N) is 1. The zero-order valence-corrected chi connectivity index (χ0v) is 13.6. The fourth-order valence-electron chi connectivity index (χ4n) is 3.14. The van der Waals surface area contributed by atoms with Crippen LogP contribution in [-0.4, -0.2) is 55.1 Å². The lowest BCUT2D eigenvalue weighted by Gasteiger charge is -2.49. The normalized spacial score (nSPS) is 23.0. The third kappa shape index (κ3) is 3.20. The van der Waals surface area contributed by atoms with Gasteiger partial charge in [0.25, 0.3) is 0 Å². The van der Waals surface area contributed by atoms with Crippen molar-refractivity contribution in [1.82, 2.24) is 15.1 Å². The summed E-state index contributed by atoms with van der Waals surface area (Å²) >= 11 is 12.0. The summed E-state index contributed by atoms with van der Waals surface area (Å²) in [6.07, 6.45) is 0. The predicted octanol–water partition coefficient (Wildman–Crippen LogP) is 2.78. The molecule has 2 saturated heterocycles. The molecule has 0 amide bonds. The maximum absolute atomic E-state index is 13.6. The number of nitrogens with zero attached hydrogens (tertiary/aromatic N) is 2. The van der Waals surface area contributed by atoms with E-state index in [1.165, 1.54) is 12.1 Å². The Morgan fingerprint density at radius 2 is 1.86 bits per heavy atom. The smallest absolute Gasteiger partial charge is 0.142 e. The van der Waals surface area contributed by atoms with E-state index in [0.29, 0.717) is 11.1 Å². The molecule has 2 fully saturated rings. The molecule has 0 bridgehead atoms. The van der Waals surface area contributed by atoms with Crippen LogP contribution in [0.15, 0.2) is 12.1 Å². The first-order valence-electron chi connectivity index (χ1n) is 7.39. The Labute approximate surface area is 135 Å². The Morgan fingerprint density at radius 1 is 1.19 bits per heavy atom. The number of piperazine rings is 1. The van der Waals surface area contributed by atoms with Gasteiger partial charge in [0.2, 0.25) is 0 Å². The van der Waals surface area contributed by atoms with Crippen molar-refractivity contribution >= 4 is 23.2 Å². The van der Waals surface area contributed by atoms with E-state index in [2.05, 4.69) is 22.0 Å². The summed E-state index contributed by atoms with van der Waals surface area (Å²) in [5.74, 6) is -0.401. The van der Waals surface area contributed by atoms with Gasteiger partial charge in [-0.2, -0.15) is 0 Å². The van der Waals surface area contributed by atoms with Gasteiger partial charge in [0.15, 0.2) is 0 Å². The summed E-state index contributed by atoms with van der Waals surface area (Å²) in [5.41, 5.74) is 0.817. The molecular formula is C15H20Cl2FN3. The van der Waals surface area contributed by atoms with Crippen LogP contribution < -0.4 is 5.32 Å².